The van der Waals surface area contributed by atoms with Gasteiger partial charge in [0.2, 0.25) is 0 Å². The van der Waals surface area contributed by atoms with Crippen LogP contribution in [-0.4, -0.2) is 25.5 Å². The molecule has 0 fully saturated rings. The van der Waals surface area contributed by atoms with E-state index in [1.807, 2.05) is 60.7 Å². The average molecular weight is 749 g/mol. The van der Waals surface area contributed by atoms with Gasteiger partial charge in [-0.2, -0.15) is 0 Å². The molecule has 0 aliphatic rings. The van der Waals surface area contributed by atoms with E-state index in [9.17, 15) is 5.11 Å². The van der Waals surface area contributed by atoms with Crippen LogP contribution in [0.2, 0.25) is 0 Å². The Kier molecular flexibility index (Phi) is 17.8. The molecule has 0 radical (unpaired) electrons. The monoisotopic (exact) mass is 748 g/mol. The van der Waals surface area contributed by atoms with E-state index in [1.165, 1.54) is 22.3 Å². The van der Waals surface area contributed by atoms with Crippen molar-refractivity contribution in [3.63, 3.8) is 0 Å². The minimum absolute atomic E-state index is 0. The summed E-state index contributed by atoms with van der Waals surface area (Å²) in [6.07, 6.45) is 4.57. The standard InChI is InChI=1S/2C10H8O2.C10H8O.2C10H14.CH4/c2*11-9-3-1-7-2-4-10(12)6-8(7)5-9;11-10-7-3-5-8-4-1-2-6-9(8)10;2*1-3-9-5-7-10(4-2)8-6-9;/h2*1-6,11-12H;1-7,11H;2*5-8H,3-4H2,1-2H3;1H4. The molecule has 0 spiro atoms. The van der Waals surface area contributed by atoms with E-state index in [2.05, 4.69) is 76.2 Å². The van der Waals surface area contributed by atoms with Crippen LogP contribution in [0.1, 0.15) is 57.4 Å². The molecule has 8 aromatic rings. The lowest BCUT2D eigenvalue weighted by Gasteiger charge is -1.98. The summed E-state index contributed by atoms with van der Waals surface area (Å²) in [6, 6.07) is 51.2. The van der Waals surface area contributed by atoms with Crippen molar-refractivity contribution in [2.24, 2.45) is 0 Å². The van der Waals surface area contributed by atoms with Gasteiger partial charge < -0.3 is 25.5 Å². The number of rotatable bonds is 4. The first-order chi connectivity index (χ1) is 26.6. The lowest BCUT2D eigenvalue weighted by atomic mass is 10.1. The van der Waals surface area contributed by atoms with Gasteiger partial charge in [-0.1, -0.05) is 144 Å². The first kappa shape index (κ1) is 43.9. The molecular formula is C51H56O5. The Hall–Kier alpha value is -6.46. The van der Waals surface area contributed by atoms with Crippen molar-refractivity contribution in [2.45, 2.75) is 60.8 Å². The van der Waals surface area contributed by atoms with E-state index in [0.29, 0.717) is 5.75 Å². The van der Waals surface area contributed by atoms with Crippen molar-refractivity contribution >= 4 is 32.3 Å². The zero-order valence-corrected chi connectivity index (χ0v) is 32.2. The molecule has 56 heavy (non-hydrogen) atoms. The van der Waals surface area contributed by atoms with Crippen molar-refractivity contribution in [3.8, 4) is 28.7 Å². The van der Waals surface area contributed by atoms with Gasteiger partial charge in [-0.05, 0) is 129 Å². The maximum atomic E-state index is 9.37. The number of benzene rings is 8. The van der Waals surface area contributed by atoms with E-state index in [1.54, 1.807) is 54.6 Å². The van der Waals surface area contributed by atoms with Gasteiger partial charge in [0.1, 0.15) is 28.7 Å². The Morgan fingerprint density at radius 1 is 0.304 bits per heavy atom. The van der Waals surface area contributed by atoms with Crippen LogP contribution in [-0.2, 0) is 25.7 Å². The van der Waals surface area contributed by atoms with Gasteiger partial charge in [0.25, 0.3) is 0 Å². The third-order valence-electron chi connectivity index (χ3n) is 9.06. The molecule has 5 N–H and O–H groups in total. The first-order valence-electron chi connectivity index (χ1n) is 18.8. The molecule has 0 unspecified atom stereocenters. The summed E-state index contributed by atoms with van der Waals surface area (Å²) < 4.78 is 0. The maximum Gasteiger partial charge on any atom is 0.123 e. The second-order valence-electron chi connectivity index (χ2n) is 13.0. The Labute approximate surface area is 332 Å². The number of fused-ring (bicyclic) bond motifs is 3. The van der Waals surface area contributed by atoms with Gasteiger partial charge in [-0.15, -0.1) is 0 Å². The van der Waals surface area contributed by atoms with Crippen LogP contribution in [0.15, 0.2) is 164 Å². The number of phenols is 5. The largest absolute Gasteiger partial charge is 0.508 e. The zero-order valence-electron chi connectivity index (χ0n) is 32.2. The summed E-state index contributed by atoms with van der Waals surface area (Å²) in [5.41, 5.74) is 5.71. The smallest absolute Gasteiger partial charge is 0.123 e. The van der Waals surface area contributed by atoms with Gasteiger partial charge in [-0.25, -0.2) is 0 Å². The highest BCUT2D eigenvalue weighted by molar-refractivity contribution is 5.88. The number of aromatic hydroxyl groups is 5. The number of hydrogen-bond acceptors (Lipinski definition) is 5. The second kappa shape index (κ2) is 22.7. The molecular weight excluding hydrogens is 693 g/mol. The third kappa shape index (κ3) is 13.7. The second-order valence-corrected chi connectivity index (χ2v) is 13.0. The molecule has 0 saturated carbocycles. The summed E-state index contributed by atoms with van der Waals surface area (Å²) in [5, 5.41) is 51.6. The molecule has 8 rings (SSSR count). The molecule has 0 amide bonds. The van der Waals surface area contributed by atoms with E-state index < -0.39 is 0 Å². The average Bonchev–Trinajstić information content (AvgIpc) is 3.21. The molecule has 5 nitrogen and oxygen atoms in total. The topological polar surface area (TPSA) is 101 Å². The molecule has 8 aromatic carbocycles. The number of aryl methyl sites for hydroxylation is 4. The SMILES string of the molecule is C.CCc1ccc(CC)cc1.CCc1ccc(CC)cc1.Oc1ccc2ccc(O)cc2c1.Oc1ccc2ccc(O)cc2c1.Oc1cccc2ccccc12. The predicted octanol–water partition coefficient (Wildman–Crippen LogP) is 13.3. The zero-order chi connectivity index (χ0) is 39.6. The van der Waals surface area contributed by atoms with E-state index in [0.717, 1.165) is 58.0 Å². The van der Waals surface area contributed by atoms with Gasteiger partial charge in [-0.3, -0.25) is 0 Å². The minimum Gasteiger partial charge on any atom is -0.508 e. The molecule has 5 heteroatoms. The number of phenolic OH excluding ortho intramolecular Hbond substituents is 5. The van der Waals surface area contributed by atoms with Crippen LogP contribution in [0.25, 0.3) is 32.3 Å². The van der Waals surface area contributed by atoms with Crippen LogP contribution in [0.5, 0.6) is 28.7 Å². The lowest BCUT2D eigenvalue weighted by Crippen LogP contribution is -1.81. The van der Waals surface area contributed by atoms with Crippen molar-refractivity contribution in [1.82, 2.24) is 0 Å². The van der Waals surface area contributed by atoms with Gasteiger partial charge in [0.05, 0.1) is 0 Å². The maximum absolute atomic E-state index is 9.37. The lowest BCUT2D eigenvalue weighted by molar-refractivity contribution is 0.473. The van der Waals surface area contributed by atoms with E-state index in [-0.39, 0.29) is 30.4 Å². The fraction of sp³-hybridized carbons (Fsp3) is 0.176. The highest BCUT2D eigenvalue weighted by atomic mass is 16.3. The Morgan fingerprint density at radius 3 is 0.911 bits per heavy atom. The van der Waals surface area contributed by atoms with Crippen LogP contribution >= 0.6 is 0 Å². The number of hydrogen-bond donors (Lipinski definition) is 5. The fourth-order valence-electron chi connectivity index (χ4n) is 5.67. The third-order valence-corrected chi connectivity index (χ3v) is 9.06. The fourth-order valence-corrected chi connectivity index (χ4v) is 5.67. The molecule has 0 aliphatic heterocycles. The highest BCUT2D eigenvalue weighted by Crippen LogP contribution is 2.25. The Balaban J connectivity index is 0.000000187. The van der Waals surface area contributed by atoms with Crippen LogP contribution in [0, 0.1) is 0 Å². The van der Waals surface area contributed by atoms with Crippen molar-refractivity contribution < 1.29 is 25.5 Å². The van der Waals surface area contributed by atoms with E-state index in [4.69, 9.17) is 20.4 Å². The summed E-state index contributed by atoms with van der Waals surface area (Å²) in [6.45, 7) is 8.73. The van der Waals surface area contributed by atoms with Crippen LogP contribution in [0.3, 0.4) is 0 Å². The Bertz CT molecular complexity index is 2110. The summed E-state index contributed by atoms with van der Waals surface area (Å²) in [4.78, 5) is 0. The van der Waals surface area contributed by atoms with Gasteiger partial charge in [0, 0.05) is 5.39 Å². The van der Waals surface area contributed by atoms with Crippen LogP contribution in [0.4, 0.5) is 0 Å². The summed E-state index contributed by atoms with van der Waals surface area (Å²) in [7, 11) is 0. The molecule has 0 heterocycles. The highest BCUT2D eigenvalue weighted by Gasteiger charge is 1.97. The molecule has 0 saturated heterocycles. The molecule has 290 valence electrons. The molecule has 0 aliphatic carbocycles. The van der Waals surface area contributed by atoms with Crippen molar-refractivity contribution in [3.05, 3.63) is 186 Å². The first-order valence-corrected chi connectivity index (χ1v) is 18.8. The summed E-state index contributed by atoms with van der Waals surface area (Å²) >= 11 is 0. The van der Waals surface area contributed by atoms with Gasteiger partial charge in [0.15, 0.2) is 0 Å². The molecule has 0 atom stereocenters. The predicted molar refractivity (Wildman–Crippen MR) is 237 cm³/mol. The molecule has 0 aromatic heterocycles. The quantitative estimate of drug-likeness (QED) is 0.123. The van der Waals surface area contributed by atoms with Crippen LogP contribution < -0.4 is 0 Å². The molecule has 0 bridgehead atoms. The van der Waals surface area contributed by atoms with Gasteiger partial charge >= 0.3 is 0 Å². The van der Waals surface area contributed by atoms with Crippen molar-refractivity contribution in [2.75, 3.05) is 0 Å². The minimum atomic E-state index is 0. The van der Waals surface area contributed by atoms with Crippen molar-refractivity contribution in [1.29, 1.82) is 0 Å². The Morgan fingerprint density at radius 2 is 0.607 bits per heavy atom. The normalized spacial score (nSPS) is 9.93. The summed E-state index contributed by atoms with van der Waals surface area (Å²) in [5.74, 6) is 1.21. The van der Waals surface area contributed by atoms with E-state index >= 15 is 0 Å².